The van der Waals surface area contributed by atoms with Gasteiger partial charge < -0.3 is 14.0 Å². The lowest BCUT2D eigenvalue weighted by Crippen LogP contribution is -2.41. The maximum atomic E-state index is 11.4. The monoisotopic (exact) mass is 280 g/mol. The molecular formula is C13H21BN2O4. The minimum absolute atomic E-state index is 0.0906. The van der Waals surface area contributed by atoms with Gasteiger partial charge in [0.25, 0.3) is 0 Å². The fraction of sp³-hybridized carbons (Fsp3) is 0.692. The predicted molar refractivity (Wildman–Crippen MR) is 74.6 cm³/mol. The van der Waals surface area contributed by atoms with Gasteiger partial charge in [-0.2, -0.15) is 5.10 Å². The number of hydrogen-bond acceptors (Lipinski definition) is 5. The molecule has 0 aliphatic carbocycles. The van der Waals surface area contributed by atoms with Crippen LogP contribution in [0.15, 0.2) is 12.3 Å². The van der Waals surface area contributed by atoms with Crippen molar-refractivity contribution in [3.63, 3.8) is 0 Å². The SMILES string of the molecule is CCOC(=O)Cn1ccc(B2OC(C)(C)C(C)(C)O2)n1. The lowest BCUT2D eigenvalue weighted by molar-refractivity contribution is -0.144. The van der Waals surface area contributed by atoms with E-state index in [-0.39, 0.29) is 12.5 Å². The van der Waals surface area contributed by atoms with E-state index in [1.807, 2.05) is 27.7 Å². The Morgan fingerprint density at radius 1 is 1.35 bits per heavy atom. The third-order valence-corrected chi connectivity index (χ3v) is 3.75. The number of rotatable bonds is 4. The Bertz CT molecular complexity index is 482. The molecule has 1 aliphatic heterocycles. The highest BCUT2D eigenvalue weighted by Crippen LogP contribution is 2.36. The van der Waals surface area contributed by atoms with Crippen LogP contribution >= 0.6 is 0 Å². The van der Waals surface area contributed by atoms with Gasteiger partial charge in [-0.25, -0.2) is 0 Å². The Morgan fingerprint density at radius 2 is 1.95 bits per heavy atom. The minimum atomic E-state index is -0.511. The second-order valence-electron chi connectivity index (χ2n) is 5.83. The van der Waals surface area contributed by atoms with Crippen LogP contribution in [0.5, 0.6) is 0 Å². The van der Waals surface area contributed by atoms with Gasteiger partial charge in [-0.05, 0) is 40.7 Å². The Morgan fingerprint density at radius 3 is 2.50 bits per heavy atom. The van der Waals surface area contributed by atoms with Gasteiger partial charge in [-0.3, -0.25) is 9.48 Å². The quantitative estimate of drug-likeness (QED) is 0.601. The number of carbonyl (C=O) groups is 1. The number of ether oxygens (including phenoxy) is 1. The topological polar surface area (TPSA) is 62.6 Å². The summed E-state index contributed by atoms with van der Waals surface area (Å²) < 4.78 is 18.2. The zero-order chi connectivity index (χ0) is 15.0. The van der Waals surface area contributed by atoms with Gasteiger partial charge in [-0.1, -0.05) is 0 Å². The molecule has 0 bridgehead atoms. The summed E-state index contributed by atoms with van der Waals surface area (Å²) in [6.45, 7) is 10.2. The van der Waals surface area contributed by atoms with Gasteiger partial charge in [0.15, 0.2) is 0 Å². The Labute approximate surface area is 119 Å². The summed E-state index contributed by atoms with van der Waals surface area (Å²) in [6.07, 6.45) is 1.72. The molecule has 7 heteroatoms. The van der Waals surface area contributed by atoms with Crippen LogP contribution in [-0.2, 0) is 25.4 Å². The van der Waals surface area contributed by atoms with Crippen molar-refractivity contribution in [2.45, 2.75) is 52.4 Å². The Kier molecular flexibility index (Phi) is 3.93. The van der Waals surface area contributed by atoms with Crippen molar-refractivity contribution < 1.29 is 18.8 Å². The van der Waals surface area contributed by atoms with Crippen molar-refractivity contribution in [3.8, 4) is 0 Å². The number of carbonyl (C=O) groups excluding carboxylic acids is 1. The molecule has 20 heavy (non-hydrogen) atoms. The van der Waals surface area contributed by atoms with Crippen molar-refractivity contribution in [1.82, 2.24) is 9.78 Å². The van der Waals surface area contributed by atoms with E-state index in [1.54, 1.807) is 19.2 Å². The molecule has 0 N–H and O–H groups in total. The molecule has 110 valence electrons. The molecule has 0 unspecified atom stereocenters. The fourth-order valence-corrected chi connectivity index (χ4v) is 1.89. The van der Waals surface area contributed by atoms with Crippen LogP contribution in [0.3, 0.4) is 0 Å². The van der Waals surface area contributed by atoms with E-state index in [4.69, 9.17) is 14.0 Å². The maximum Gasteiger partial charge on any atom is 0.516 e. The summed E-state index contributed by atoms with van der Waals surface area (Å²) in [5.41, 5.74) is -0.140. The average Bonchev–Trinajstić information content (AvgIpc) is 2.83. The zero-order valence-electron chi connectivity index (χ0n) is 12.7. The molecule has 1 aromatic rings. The number of esters is 1. The van der Waals surface area contributed by atoms with Gasteiger partial charge in [0.1, 0.15) is 6.54 Å². The average molecular weight is 280 g/mol. The summed E-state index contributed by atoms with van der Waals surface area (Å²) in [5.74, 6) is -0.309. The van der Waals surface area contributed by atoms with Gasteiger partial charge in [-0.15, -0.1) is 0 Å². The van der Waals surface area contributed by atoms with Gasteiger partial charge in [0.2, 0.25) is 0 Å². The molecule has 1 saturated heterocycles. The van der Waals surface area contributed by atoms with Crippen LogP contribution in [0.4, 0.5) is 0 Å². The molecule has 0 amide bonds. The molecule has 0 atom stereocenters. The standard InChI is InChI=1S/C13H21BN2O4/c1-6-18-11(17)9-16-8-7-10(15-16)14-19-12(2,3)13(4,5)20-14/h7-8H,6,9H2,1-5H3. The molecule has 0 spiro atoms. The molecule has 0 saturated carbocycles. The van der Waals surface area contributed by atoms with E-state index in [9.17, 15) is 4.79 Å². The number of nitrogens with zero attached hydrogens (tertiary/aromatic N) is 2. The van der Waals surface area contributed by atoms with E-state index in [0.717, 1.165) is 0 Å². The molecule has 2 rings (SSSR count). The number of aromatic nitrogens is 2. The molecule has 1 fully saturated rings. The first-order chi connectivity index (χ1) is 9.25. The molecule has 0 aromatic carbocycles. The van der Waals surface area contributed by atoms with Crippen molar-refractivity contribution >= 4 is 18.7 Å². The highest BCUT2D eigenvalue weighted by Gasteiger charge is 2.52. The van der Waals surface area contributed by atoms with Crippen LogP contribution in [0.25, 0.3) is 0 Å². The molecule has 2 heterocycles. The molecular weight excluding hydrogens is 259 g/mol. The van der Waals surface area contributed by atoms with Gasteiger partial charge in [0.05, 0.1) is 23.4 Å². The van der Waals surface area contributed by atoms with E-state index in [2.05, 4.69) is 5.10 Å². The van der Waals surface area contributed by atoms with Crippen LogP contribution in [-0.4, -0.2) is 40.7 Å². The summed E-state index contributed by atoms with van der Waals surface area (Å²) in [6, 6.07) is 1.79. The summed E-state index contributed by atoms with van der Waals surface area (Å²) >= 11 is 0. The second kappa shape index (κ2) is 5.22. The molecule has 1 aromatic heterocycles. The third-order valence-electron chi connectivity index (χ3n) is 3.75. The highest BCUT2D eigenvalue weighted by atomic mass is 16.7. The Hall–Kier alpha value is -1.34. The normalized spacial score (nSPS) is 20.1. The summed E-state index contributed by atoms with van der Waals surface area (Å²) in [4.78, 5) is 11.4. The van der Waals surface area contributed by atoms with Gasteiger partial charge >= 0.3 is 13.1 Å². The van der Waals surface area contributed by atoms with Crippen LogP contribution in [0.1, 0.15) is 34.6 Å². The highest BCUT2D eigenvalue weighted by molar-refractivity contribution is 6.61. The van der Waals surface area contributed by atoms with Crippen molar-refractivity contribution in [2.75, 3.05) is 6.61 Å². The van der Waals surface area contributed by atoms with E-state index >= 15 is 0 Å². The van der Waals surface area contributed by atoms with Crippen LogP contribution in [0.2, 0.25) is 0 Å². The third kappa shape index (κ3) is 2.88. The fourth-order valence-electron chi connectivity index (χ4n) is 1.89. The lowest BCUT2D eigenvalue weighted by atomic mass is 9.85. The number of hydrogen-bond donors (Lipinski definition) is 0. The van der Waals surface area contributed by atoms with Crippen molar-refractivity contribution in [1.29, 1.82) is 0 Å². The first-order valence-electron chi connectivity index (χ1n) is 6.80. The van der Waals surface area contributed by atoms with E-state index < -0.39 is 18.3 Å². The van der Waals surface area contributed by atoms with Crippen molar-refractivity contribution in [3.05, 3.63) is 12.3 Å². The molecule has 6 nitrogen and oxygen atoms in total. The Balaban J connectivity index is 2.05. The van der Waals surface area contributed by atoms with E-state index in [1.165, 1.54) is 4.68 Å². The van der Waals surface area contributed by atoms with Crippen molar-refractivity contribution in [2.24, 2.45) is 0 Å². The smallest absolute Gasteiger partial charge is 0.465 e. The zero-order valence-corrected chi connectivity index (χ0v) is 12.7. The summed E-state index contributed by atoms with van der Waals surface area (Å²) in [5, 5.41) is 4.31. The van der Waals surface area contributed by atoms with Crippen LogP contribution < -0.4 is 5.59 Å². The first kappa shape index (κ1) is 15.1. The maximum absolute atomic E-state index is 11.4. The second-order valence-corrected chi connectivity index (χ2v) is 5.83. The summed E-state index contributed by atoms with van der Waals surface area (Å²) in [7, 11) is -0.511. The molecule has 1 aliphatic rings. The lowest BCUT2D eigenvalue weighted by Gasteiger charge is -2.32. The van der Waals surface area contributed by atoms with Crippen LogP contribution in [0, 0.1) is 0 Å². The molecule has 0 radical (unpaired) electrons. The van der Waals surface area contributed by atoms with E-state index in [0.29, 0.717) is 12.2 Å². The predicted octanol–water partition coefficient (Wildman–Crippen LogP) is 0.745. The van der Waals surface area contributed by atoms with Gasteiger partial charge in [0, 0.05) is 6.20 Å². The largest absolute Gasteiger partial charge is 0.516 e. The first-order valence-corrected chi connectivity index (χ1v) is 6.80. The minimum Gasteiger partial charge on any atom is -0.465 e.